The van der Waals surface area contributed by atoms with E-state index in [1.165, 1.54) is 30.1 Å². The number of carbonyl (C=O) groups is 2. The number of carbonyl (C=O) groups excluding carboxylic acids is 1. The van der Waals surface area contributed by atoms with Crippen LogP contribution in [0, 0.1) is 10.1 Å². The van der Waals surface area contributed by atoms with E-state index in [0.717, 1.165) is 0 Å². The summed E-state index contributed by atoms with van der Waals surface area (Å²) in [6.45, 7) is -0.0106. The third-order valence-corrected chi connectivity index (χ3v) is 2.68. The van der Waals surface area contributed by atoms with Crippen molar-refractivity contribution in [3.05, 3.63) is 39.9 Å². The normalized spacial score (nSPS) is 11.7. The van der Waals surface area contributed by atoms with Crippen molar-refractivity contribution in [2.45, 2.75) is 19.0 Å². The lowest BCUT2D eigenvalue weighted by Gasteiger charge is -2.20. The molecule has 1 aromatic rings. The number of aliphatic carboxylic acids is 1. The SMILES string of the molecule is CN(Cc1ccccc1[N+](=O)[O-])C(=O)C(N)CC(=O)O. The van der Waals surface area contributed by atoms with Crippen LogP contribution in [-0.4, -0.2) is 39.9 Å². The molecule has 0 fully saturated rings. The Labute approximate surface area is 114 Å². The number of likely N-dealkylation sites (N-methyl/N-ethyl adjacent to an activating group) is 1. The third kappa shape index (κ3) is 4.02. The van der Waals surface area contributed by atoms with Crippen LogP contribution < -0.4 is 5.73 Å². The second-order valence-corrected chi connectivity index (χ2v) is 4.28. The van der Waals surface area contributed by atoms with Gasteiger partial charge in [0, 0.05) is 18.7 Å². The molecular formula is C12H15N3O5. The Morgan fingerprint density at radius 2 is 2.05 bits per heavy atom. The summed E-state index contributed by atoms with van der Waals surface area (Å²) in [5, 5.41) is 19.4. The van der Waals surface area contributed by atoms with Gasteiger partial charge in [-0.15, -0.1) is 0 Å². The fourth-order valence-electron chi connectivity index (χ4n) is 1.71. The predicted molar refractivity (Wildman–Crippen MR) is 69.8 cm³/mol. The molecule has 3 N–H and O–H groups in total. The maximum atomic E-state index is 11.8. The van der Waals surface area contributed by atoms with E-state index in [2.05, 4.69) is 0 Å². The third-order valence-electron chi connectivity index (χ3n) is 2.68. The first kappa shape index (κ1) is 15.6. The Morgan fingerprint density at radius 3 is 2.60 bits per heavy atom. The Morgan fingerprint density at radius 1 is 1.45 bits per heavy atom. The first-order chi connectivity index (χ1) is 9.32. The largest absolute Gasteiger partial charge is 0.481 e. The first-order valence-corrected chi connectivity index (χ1v) is 5.77. The van der Waals surface area contributed by atoms with E-state index >= 15 is 0 Å². The molecule has 108 valence electrons. The minimum atomic E-state index is -1.18. The lowest BCUT2D eigenvalue weighted by atomic mass is 10.1. The highest BCUT2D eigenvalue weighted by atomic mass is 16.6. The summed E-state index contributed by atoms with van der Waals surface area (Å²) in [7, 11) is 1.42. The van der Waals surface area contributed by atoms with Gasteiger partial charge >= 0.3 is 5.97 Å². The number of nitro benzene ring substituents is 1. The lowest BCUT2D eigenvalue weighted by molar-refractivity contribution is -0.385. The van der Waals surface area contributed by atoms with Crippen molar-refractivity contribution in [2.75, 3.05) is 7.05 Å². The van der Waals surface area contributed by atoms with Crippen molar-refractivity contribution in [3.63, 3.8) is 0 Å². The summed E-state index contributed by atoms with van der Waals surface area (Å²) in [6.07, 6.45) is -0.486. The van der Waals surface area contributed by atoms with Gasteiger partial charge in [0.15, 0.2) is 0 Å². The standard InChI is InChI=1S/C12H15N3O5/c1-14(12(18)9(13)6-11(16)17)7-8-4-2-3-5-10(8)15(19)20/h2-5,9H,6-7,13H2,1H3,(H,16,17). The van der Waals surface area contributed by atoms with Gasteiger partial charge in [0.2, 0.25) is 5.91 Å². The predicted octanol–water partition coefficient (Wildman–Crippen LogP) is 0.355. The molecule has 0 saturated heterocycles. The summed E-state index contributed by atoms with van der Waals surface area (Å²) in [5.74, 6) is -1.75. The number of para-hydroxylation sites is 1. The van der Waals surface area contributed by atoms with Crippen molar-refractivity contribution in [2.24, 2.45) is 5.73 Å². The van der Waals surface area contributed by atoms with E-state index in [4.69, 9.17) is 10.8 Å². The molecule has 0 aliphatic rings. The molecule has 8 nitrogen and oxygen atoms in total. The van der Waals surface area contributed by atoms with Gasteiger partial charge < -0.3 is 15.7 Å². The molecule has 0 radical (unpaired) electrons. The van der Waals surface area contributed by atoms with Gasteiger partial charge in [-0.05, 0) is 0 Å². The van der Waals surface area contributed by atoms with Crippen LogP contribution in [0.4, 0.5) is 5.69 Å². The molecule has 0 spiro atoms. The molecule has 1 unspecified atom stereocenters. The highest BCUT2D eigenvalue weighted by molar-refractivity contribution is 5.85. The number of nitrogens with two attached hydrogens (primary N) is 1. The average molecular weight is 281 g/mol. The van der Waals surface area contributed by atoms with Crippen LogP contribution in [0.15, 0.2) is 24.3 Å². The van der Waals surface area contributed by atoms with Crippen molar-refractivity contribution < 1.29 is 19.6 Å². The number of rotatable bonds is 6. The van der Waals surface area contributed by atoms with E-state index in [1.807, 2.05) is 0 Å². The van der Waals surface area contributed by atoms with Gasteiger partial charge in [-0.25, -0.2) is 0 Å². The minimum Gasteiger partial charge on any atom is -0.481 e. The number of hydrogen-bond donors (Lipinski definition) is 2. The van der Waals surface area contributed by atoms with Crippen molar-refractivity contribution in [1.82, 2.24) is 4.90 Å². The molecule has 0 aromatic heterocycles. The maximum Gasteiger partial charge on any atom is 0.305 e. The van der Waals surface area contributed by atoms with Crippen LogP contribution in [0.1, 0.15) is 12.0 Å². The lowest BCUT2D eigenvalue weighted by Crippen LogP contribution is -2.42. The van der Waals surface area contributed by atoms with Crippen LogP contribution in [0.2, 0.25) is 0 Å². The monoisotopic (exact) mass is 281 g/mol. The van der Waals surface area contributed by atoms with Crippen molar-refractivity contribution in [1.29, 1.82) is 0 Å². The van der Waals surface area contributed by atoms with Crippen LogP contribution >= 0.6 is 0 Å². The summed E-state index contributed by atoms with van der Waals surface area (Å²) in [5.41, 5.74) is 5.72. The van der Waals surface area contributed by atoms with Crippen molar-refractivity contribution >= 4 is 17.6 Å². The second-order valence-electron chi connectivity index (χ2n) is 4.28. The first-order valence-electron chi connectivity index (χ1n) is 5.77. The maximum absolute atomic E-state index is 11.8. The average Bonchev–Trinajstić information content (AvgIpc) is 2.37. The van der Waals surface area contributed by atoms with Crippen LogP contribution in [0.5, 0.6) is 0 Å². The van der Waals surface area contributed by atoms with Crippen molar-refractivity contribution in [3.8, 4) is 0 Å². The number of nitrogens with zero attached hydrogens (tertiary/aromatic N) is 2. The topological polar surface area (TPSA) is 127 Å². The molecule has 0 saturated carbocycles. The molecular weight excluding hydrogens is 266 g/mol. The molecule has 1 amide bonds. The highest BCUT2D eigenvalue weighted by Crippen LogP contribution is 2.19. The number of carboxylic acid groups (broad SMARTS) is 1. The molecule has 1 rings (SSSR count). The van der Waals surface area contributed by atoms with Gasteiger partial charge in [-0.2, -0.15) is 0 Å². The molecule has 1 atom stereocenters. The molecule has 8 heteroatoms. The molecule has 0 aliphatic carbocycles. The second kappa shape index (κ2) is 6.62. The molecule has 0 heterocycles. The summed E-state index contributed by atoms with van der Waals surface area (Å²) in [4.78, 5) is 33.8. The van der Waals surface area contributed by atoms with E-state index < -0.39 is 29.3 Å². The molecule has 1 aromatic carbocycles. The van der Waals surface area contributed by atoms with E-state index in [0.29, 0.717) is 5.56 Å². The zero-order chi connectivity index (χ0) is 15.3. The van der Waals surface area contributed by atoms with E-state index in [1.54, 1.807) is 6.07 Å². The molecule has 20 heavy (non-hydrogen) atoms. The Kier molecular flexibility index (Phi) is 5.15. The van der Waals surface area contributed by atoms with E-state index in [-0.39, 0.29) is 12.2 Å². The number of carboxylic acids is 1. The van der Waals surface area contributed by atoms with Crippen LogP contribution in [0.25, 0.3) is 0 Å². The van der Waals surface area contributed by atoms with Gasteiger partial charge in [-0.1, -0.05) is 18.2 Å². The number of nitro groups is 1. The fourth-order valence-corrected chi connectivity index (χ4v) is 1.71. The molecule has 0 bridgehead atoms. The van der Waals surface area contributed by atoms with Gasteiger partial charge in [0.05, 0.1) is 23.9 Å². The van der Waals surface area contributed by atoms with Crippen LogP contribution in [-0.2, 0) is 16.1 Å². The van der Waals surface area contributed by atoms with E-state index in [9.17, 15) is 19.7 Å². The van der Waals surface area contributed by atoms with Gasteiger partial charge in [0.1, 0.15) is 0 Å². The molecule has 0 aliphatic heterocycles. The smallest absolute Gasteiger partial charge is 0.305 e. The summed E-state index contributed by atoms with van der Waals surface area (Å²) < 4.78 is 0. The Balaban J connectivity index is 2.80. The number of benzene rings is 1. The Bertz CT molecular complexity index is 532. The van der Waals surface area contributed by atoms with Gasteiger partial charge in [0.25, 0.3) is 5.69 Å². The number of hydrogen-bond acceptors (Lipinski definition) is 5. The minimum absolute atomic E-state index is 0.0106. The highest BCUT2D eigenvalue weighted by Gasteiger charge is 2.22. The number of amides is 1. The Hall–Kier alpha value is -2.48. The quantitative estimate of drug-likeness (QED) is 0.572. The fraction of sp³-hybridized carbons (Fsp3) is 0.333. The zero-order valence-corrected chi connectivity index (χ0v) is 10.9. The van der Waals surface area contributed by atoms with Crippen LogP contribution in [0.3, 0.4) is 0 Å². The zero-order valence-electron chi connectivity index (χ0n) is 10.9. The summed E-state index contributed by atoms with van der Waals surface area (Å²) in [6, 6.07) is 4.85. The summed E-state index contributed by atoms with van der Waals surface area (Å²) >= 11 is 0. The van der Waals surface area contributed by atoms with Gasteiger partial charge in [-0.3, -0.25) is 19.7 Å².